The molecule has 0 spiro atoms. The van der Waals surface area contributed by atoms with Crippen molar-refractivity contribution < 1.29 is 9.53 Å². The lowest BCUT2D eigenvalue weighted by atomic mass is 9.81. The van der Waals surface area contributed by atoms with Crippen LogP contribution in [0, 0.1) is 17.8 Å². The van der Waals surface area contributed by atoms with E-state index in [1.807, 2.05) is 0 Å². The van der Waals surface area contributed by atoms with Gasteiger partial charge in [0.15, 0.2) is 0 Å². The van der Waals surface area contributed by atoms with E-state index in [0.29, 0.717) is 11.8 Å². The fourth-order valence-corrected chi connectivity index (χ4v) is 4.62. The van der Waals surface area contributed by atoms with Crippen molar-refractivity contribution in [3.8, 4) is 0 Å². The molecule has 2 bridgehead atoms. The first-order chi connectivity index (χ1) is 9.24. The number of hydrogen-bond donors (Lipinski definition) is 1. The summed E-state index contributed by atoms with van der Waals surface area (Å²) in [6, 6.07) is 0. The van der Waals surface area contributed by atoms with Crippen LogP contribution in [0.3, 0.4) is 0 Å². The standard InChI is InChI=1S/C17H27NO2/c1-16(2)9-13(10-17(3,4)18-16)20-15(19)14-8-11-5-6-12(14)7-11/h5-6,11-14,18H,7-10H2,1-4H3/t11-,12+,14?/m1/s1. The predicted molar refractivity (Wildman–Crippen MR) is 79.3 cm³/mol. The summed E-state index contributed by atoms with van der Waals surface area (Å²) in [5.41, 5.74) is 0.0581. The number of nitrogens with one attached hydrogen (secondary N) is 1. The molecule has 0 radical (unpaired) electrons. The Bertz CT molecular complexity index is 422. The number of hydrogen-bond acceptors (Lipinski definition) is 3. The fourth-order valence-electron chi connectivity index (χ4n) is 4.62. The molecule has 112 valence electrons. The number of carbonyl (C=O) groups excluding carboxylic acids is 1. The molecular weight excluding hydrogens is 250 g/mol. The minimum Gasteiger partial charge on any atom is -0.462 e. The van der Waals surface area contributed by atoms with Crippen molar-refractivity contribution >= 4 is 5.97 Å². The van der Waals surface area contributed by atoms with E-state index < -0.39 is 0 Å². The van der Waals surface area contributed by atoms with Crippen molar-refractivity contribution in [3.63, 3.8) is 0 Å². The minimum atomic E-state index is 0.0290. The molecule has 3 heteroatoms. The number of rotatable bonds is 2. The first-order valence-electron chi connectivity index (χ1n) is 7.92. The number of allylic oxidation sites excluding steroid dienone is 2. The van der Waals surface area contributed by atoms with Crippen LogP contribution in [0.2, 0.25) is 0 Å². The van der Waals surface area contributed by atoms with E-state index in [1.165, 1.54) is 0 Å². The topological polar surface area (TPSA) is 38.3 Å². The average molecular weight is 277 g/mol. The molecule has 0 aromatic rings. The summed E-state index contributed by atoms with van der Waals surface area (Å²) in [6.45, 7) is 8.76. The van der Waals surface area contributed by atoms with Gasteiger partial charge < -0.3 is 10.1 Å². The summed E-state index contributed by atoms with van der Waals surface area (Å²) < 4.78 is 5.89. The van der Waals surface area contributed by atoms with Gasteiger partial charge in [0, 0.05) is 23.9 Å². The summed E-state index contributed by atoms with van der Waals surface area (Å²) >= 11 is 0. The van der Waals surface area contributed by atoms with Gasteiger partial charge in [-0.05, 0) is 52.4 Å². The fraction of sp³-hybridized carbons (Fsp3) is 0.824. The molecule has 3 atom stereocenters. The highest BCUT2D eigenvalue weighted by Gasteiger charge is 2.44. The molecule has 2 fully saturated rings. The zero-order chi connectivity index (χ0) is 14.5. The summed E-state index contributed by atoms with van der Waals surface area (Å²) in [5, 5.41) is 3.63. The molecule has 1 saturated carbocycles. The molecule has 1 N–H and O–H groups in total. The first kappa shape index (κ1) is 14.1. The third kappa shape index (κ3) is 2.78. The summed E-state index contributed by atoms with van der Waals surface area (Å²) in [6.07, 6.45) is 8.50. The van der Waals surface area contributed by atoms with Crippen molar-refractivity contribution in [3.05, 3.63) is 12.2 Å². The quantitative estimate of drug-likeness (QED) is 0.623. The van der Waals surface area contributed by atoms with E-state index in [2.05, 4.69) is 45.2 Å². The zero-order valence-corrected chi connectivity index (χ0v) is 13.1. The van der Waals surface area contributed by atoms with Gasteiger partial charge in [0.1, 0.15) is 6.10 Å². The first-order valence-corrected chi connectivity index (χ1v) is 7.92. The number of piperidine rings is 1. The summed E-state index contributed by atoms with van der Waals surface area (Å²) in [7, 11) is 0. The maximum atomic E-state index is 12.4. The Hall–Kier alpha value is -0.830. The Morgan fingerprint density at radius 2 is 1.75 bits per heavy atom. The molecule has 1 aliphatic heterocycles. The lowest BCUT2D eigenvalue weighted by molar-refractivity contribution is -0.159. The maximum Gasteiger partial charge on any atom is 0.309 e. The summed E-state index contributed by atoms with van der Waals surface area (Å²) in [4.78, 5) is 12.4. The Morgan fingerprint density at radius 1 is 1.10 bits per heavy atom. The molecule has 1 heterocycles. The van der Waals surface area contributed by atoms with Crippen molar-refractivity contribution in [1.82, 2.24) is 5.32 Å². The molecule has 3 nitrogen and oxygen atoms in total. The second-order valence-electron chi connectivity index (χ2n) is 8.25. The van der Waals surface area contributed by atoms with Gasteiger partial charge in [0.05, 0.1) is 5.92 Å². The SMILES string of the molecule is CC1(C)CC(OC(=O)C2C[C@@H]3C=C[C@H]2C3)CC(C)(C)N1. The Labute approximate surface area is 122 Å². The van der Waals surface area contributed by atoms with Crippen LogP contribution in [0.4, 0.5) is 0 Å². The van der Waals surface area contributed by atoms with E-state index >= 15 is 0 Å². The van der Waals surface area contributed by atoms with Gasteiger partial charge in [0.2, 0.25) is 0 Å². The van der Waals surface area contributed by atoms with Gasteiger partial charge in [0.25, 0.3) is 0 Å². The maximum absolute atomic E-state index is 12.4. The number of fused-ring (bicyclic) bond motifs is 2. The normalized spacial score (nSPS) is 38.1. The number of carbonyl (C=O) groups is 1. The highest BCUT2D eigenvalue weighted by Crippen LogP contribution is 2.44. The van der Waals surface area contributed by atoms with Crippen molar-refractivity contribution in [2.45, 2.75) is 70.6 Å². The lowest BCUT2D eigenvalue weighted by Gasteiger charge is -2.46. The minimum absolute atomic E-state index is 0.0290. The van der Waals surface area contributed by atoms with Crippen LogP contribution in [-0.4, -0.2) is 23.2 Å². The van der Waals surface area contributed by atoms with Gasteiger partial charge in [-0.15, -0.1) is 0 Å². The molecule has 2 aliphatic carbocycles. The molecule has 0 aromatic heterocycles. The molecular formula is C17H27NO2. The lowest BCUT2D eigenvalue weighted by Crippen LogP contribution is -2.59. The van der Waals surface area contributed by atoms with Gasteiger partial charge >= 0.3 is 5.97 Å². The molecule has 3 rings (SSSR count). The molecule has 1 saturated heterocycles. The Balaban J connectivity index is 1.62. The Kier molecular flexibility index (Phi) is 3.24. The van der Waals surface area contributed by atoms with Crippen molar-refractivity contribution in [2.75, 3.05) is 0 Å². The van der Waals surface area contributed by atoms with E-state index in [0.717, 1.165) is 25.7 Å². The van der Waals surface area contributed by atoms with E-state index in [9.17, 15) is 4.79 Å². The average Bonchev–Trinajstić information content (AvgIpc) is 2.85. The van der Waals surface area contributed by atoms with Crippen molar-refractivity contribution in [1.29, 1.82) is 0 Å². The highest BCUT2D eigenvalue weighted by molar-refractivity contribution is 5.74. The molecule has 20 heavy (non-hydrogen) atoms. The smallest absolute Gasteiger partial charge is 0.309 e. The van der Waals surface area contributed by atoms with Gasteiger partial charge in [-0.3, -0.25) is 4.79 Å². The number of ether oxygens (including phenoxy) is 1. The monoisotopic (exact) mass is 277 g/mol. The second-order valence-corrected chi connectivity index (χ2v) is 8.25. The van der Waals surface area contributed by atoms with Crippen LogP contribution in [0.25, 0.3) is 0 Å². The largest absolute Gasteiger partial charge is 0.462 e. The zero-order valence-electron chi connectivity index (χ0n) is 13.1. The molecule has 0 aromatic carbocycles. The third-order valence-corrected chi connectivity index (χ3v) is 5.02. The summed E-state index contributed by atoms with van der Waals surface area (Å²) in [5.74, 6) is 1.22. The van der Waals surface area contributed by atoms with Crippen LogP contribution in [0.15, 0.2) is 12.2 Å². The van der Waals surface area contributed by atoms with Crippen LogP contribution in [-0.2, 0) is 9.53 Å². The van der Waals surface area contributed by atoms with Crippen LogP contribution in [0.5, 0.6) is 0 Å². The number of esters is 1. The highest BCUT2D eigenvalue weighted by atomic mass is 16.5. The van der Waals surface area contributed by atoms with Gasteiger partial charge in [-0.25, -0.2) is 0 Å². The predicted octanol–water partition coefficient (Wildman–Crippen LogP) is 3.05. The van der Waals surface area contributed by atoms with Gasteiger partial charge in [-0.2, -0.15) is 0 Å². The van der Waals surface area contributed by atoms with E-state index in [1.54, 1.807) is 0 Å². The van der Waals surface area contributed by atoms with E-state index in [4.69, 9.17) is 4.74 Å². The Morgan fingerprint density at radius 3 is 2.25 bits per heavy atom. The van der Waals surface area contributed by atoms with E-state index in [-0.39, 0.29) is 29.1 Å². The second kappa shape index (κ2) is 4.59. The molecule has 3 aliphatic rings. The van der Waals surface area contributed by atoms with Gasteiger partial charge in [-0.1, -0.05) is 12.2 Å². The van der Waals surface area contributed by atoms with Crippen molar-refractivity contribution in [2.24, 2.45) is 17.8 Å². The van der Waals surface area contributed by atoms with Crippen LogP contribution >= 0.6 is 0 Å². The van der Waals surface area contributed by atoms with Crippen LogP contribution < -0.4 is 5.32 Å². The molecule has 0 amide bonds. The molecule has 1 unspecified atom stereocenters. The van der Waals surface area contributed by atoms with Crippen LogP contribution in [0.1, 0.15) is 53.4 Å². The third-order valence-electron chi connectivity index (χ3n) is 5.02.